The van der Waals surface area contributed by atoms with E-state index in [1.54, 1.807) is 42.2 Å². The lowest BCUT2D eigenvalue weighted by Crippen LogP contribution is -2.02. The molecule has 5 rings (SSSR count). The van der Waals surface area contributed by atoms with Crippen LogP contribution in [-0.4, -0.2) is 26.2 Å². The van der Waals surface area contributed by atoms with Crippen molar-refractivity contribution in [3.8, 4) is 28.3 Å². The Morgan fingerprint density at radius 3 is 2.24 bits per heavy atom. The van der Waals surface area contributed by atoms with Crippen LogP contribution in [0.25, 0.3) is 22.5 Å². The minimum atomic E-state index is 0.711. The minimum absolute atomic E-state index is 0.711. The van der Waals surface area contributed by atoms with Crippen LogP contribution in [0.1, 0.15) is 24.5 Å². The van der Waals surface area contributed by atoms with E-state index in [2.05, 4.69) is 68.0 Å². The van der Waals surface area contributed by atoms with Crippen LogP contribution in [0.3, 0.4) is 0 Å². The summed E-state index contributed by atoms with van der Waals surface area (Å²) in [5.74, 6) is 0.868. The van der Waals surface area contributed by atoms with E-state index in [4.69, 9.17) is 29.2 Å². The van der Waals surface area contributed by atoms with Crippen molar-refractivity contribution in [2.24, 2.45) is 0 Å². The molecule has 0 saturated carbocycles. The number of aryl methyl sites for hydroxylation is 1. The Bertz CT molecular complexity index is 1550. The molecule has 0 radical (unpaired) electrons. The third-order valence-electron chi connectivity index (χ3n) is 5.67. The van der Waals surface area contributed by atoms with Gasteiger partial charge in [0.2, 0.25) is 0 Å². The zero-order valence-corrected chi connectivity index (χ0v) is 24.2. The molecular formula is C28H28N4OS4. The van der Waals surface area contributed by atoms with Gasteiger partial charge in [-0.3, -0.25) is 9.97 Å². The number of methoxy groups -OCH3 is 1. The molecule has 4 heterocycles. The van der Waals surface area contributed by atoms with Crippen molar-refractivity contribution >= 4 is 47.1 Å². The zero-order valence-electron chi connectivity index (χ0n) is 21.0. The van der Waals surface area contributed by atoms with Crippen LogP contribution >= 0.6 is 47.1 Å². The fourth-order valence-corrected chi connectivity index (χ4v) is 6.07. The molecule has 0 amide bonds. The number of rotatable bonds is 7. The lowest BCUT2D eigenvalue weighted by Gasteiger charge is -2.12. The predicted octanol–water partition coefficient (Wildman–Crippen LogP) is 8.46. The van der Waals surface area contributed by atoms with Crippen LogP contribution < -0.4 is 4.74 Å². The Kier molecular flexibility index (Phi) is 9.51. The van der Waals surface area contributed by atoms with Crippen LogP contribution in [-0.2, 0) is 13.1 Å². The number of nitrogens with zero attached hydrogens (tertiary/aromatic N) is 4. The molecule has 0 aliphatic carbocycles. The summed E-state index contributed by atoms with van der Waals surface area (Å²) in [6.07, 6.45) is 8.41. The fraction of sp³-hybridized carbons (Fsp3) is 0.214. The van der Waals surface area contributed by atoms with E-state index in [1.165, 1.54) is 11.3 Å². The van der Waals surface area contributed by atoms with Crippen LogP contribution in [0.5, 0.6) is 5.75 Å². The molecule has 0 aliphatic rings. The number of aromatic nitrogens is 4. The Hall–Kier alpha value is -2.98. The fourth-order valence-electron chi connectivity index (χ4n) is 3.88. The molecule has 9 heteroatoms. The summed E-state index contributed by atoms with van der Waals surface area (Å²) in [7, 11) is 1.70. The van der Waals surface area contributed by atoms with Crippen molar-refractivity contribution in [1.82, 2.24) is 19.1 Å². The molecule has 5 nitrogen and oxygen atoms in total. The number of benzene rings is 1. The smallest absolute Gasteiger partial charge is 0.161 e. The number of hydrogen-bond acceptors (Lipinski definition) is 7. The van der Waals surface area contributed by atoms with Crippen molar-refractivity contribution in [2.45, 2.75) is 33.4 Å². The van der Waals surface area contributed by atoms with E-state index in [0.717, 1.165) is 49.0 Å². The van der Waals surface area contributed by atoms with Crippen molar-refractivity contribution in [1.29, 1.82) is 0 Å². The highest BCUT2D eigenvalue weighted by Crippen LogP contribution is 2.33. The second-order valence-corrected chi connectivity index (χ2v) is 11.3. The number of thiazole rings is 2. The van der Waals surface area contributed by atoms with E-state index >= 15 is 0 Å². The molecule has 5 aromatic rings. The zero-order chi connectivity index (χ0) is 26.2. The maximum Gasteiger partial charge on any atom is 0.161 e. The molecule has 190 valence electrons. The van der Waals surface area contributed by atoms with Gasteiger partial charge in [-0.25, -0.2) is 0 Å². The van der Waals surface area contributed by atoms with Gasteiger partial charge in [-0.1, -0.05) is 19.1 Å². The van der Waals surface area contributed by atoms with Gasteiger partial charge in [0.25, 0.3) is 0 Å². The molecule has 4 aromatic heterocycles. The first-order valence-electron chi connectivity index (χ1n) is 11.8. The molecule has 0 N–H and O–H groups in total. The molecule has 1 aromatic carbocycles. The van der Waals surface area contributed by atoms with E-state index < -0.39 is 0 Å². The molecule has 0 spiro atoms. The maximum atomic E-state index is 5.54. The molecule has 0 fully saturated rings. The second kappa shape index (κ2) is 13.0. The van der Waals surface area contributed by atoms with Gasteiger partial charge in [0.1, 0.15) is 5.75 Å². The van der Waals surface area contributed by atoms with Crippen molar-refractivity contribution in [2.75, 3.05) is 7.11 Å². The highest BCUT2D eigenvalue weighted by molar-refractivity contribution is 7.73. The van der Waals surface area contributed by atoms with Gasteiger partial charge >= 0.3 is 0 Å². The van der Waals surface area contributed by atoms with E-state index in [1.807, 2.05) is 30.6 Å². The van der Waals surface area contributed by atoms with Crippen LogP contribution in [0.15, 0.2) is 78.0 Å². The van der Waals surface area contributed by atoms with Gasteiger partial charge in [0.05, 0.1) is 25.0 Å². The van der Waals surface area contributed by atoms with Gasteiger partial charge in [0, 0.05) is 53.2 Å². The van der Waals surface area contributed by atoms with Crippen LogP contribution in [0, 0.1) is 14.8 Å². The molecular weight excluding hydrogens is 537 g/mol. The lowest BCUT2D eigenvalue weighted by molar-refractivity contribution is 0.415. The average molecular weight is 565 g/mol. The Balaban J connectivity index is 0.000000186. The summed E-state index contributed by atoms with van der Waals surface area (Å²) in [5, 5.41) is 4.20. The van der Waals surface area contributed by atoms with E-state index in [-0.39, 0.29) is 0 Å². The Labute approximate surface area is 235 Å². The topological polar surface area (TPSA) is 44.9 Å². The first-order valence-corrected chi connectivity index (χ1v) is 14.4. The summed E-state index contributed by atoms with van der Waals surface area (Å²) in [6.45, 7) is 5.91. The summed E-state index contributed by atoms with van der Waals surface area (Å²) in [6, 6.07) is 14.2. The standard InChI is InChI=1S/C17H16N2OS2.C11H12N2S2/c1-12-5-6-14(16(8-12)20-2)15-11-22-17(21)19(15)10-13-4-3-7-18-9-13;1-2-6-13-10(8-15-11(13)14)9-4-3-5-12-7-9/h3-9,11H,10H2,1-2H3;3-5,7-8H,2,6H2,1H3. The third kappa shape index (κ3) is 6.67. The van der Waals surface area contributed by atoms with Gasteiger partial charge < -0.3 is 13.9 Å². The number of ether oxygens (including phenoxy) is 1. The highest BCUT2D eigenvalue weighted by Gasteiger charge is 2.13. The number of hydrogen-bond donors (Lipinski definition) is 0. The summed E-state index contributed by atoms with van der Waals surface area (Å²) >= 11 is 14.0. The van der Waals surface area contributed by atoms with Crippen LogP contribution in [0.2, 0.25) is 0 Å². The van der Waals surface area contributed by atoms with Crippen molar-refractivity contribution < 1.29 is 4.74 Å². The van der Waals surface area contributed by atoms with E-state index in [0.29, 0.717) is 6.54 Å². The summed E-state index contributed by atoms with van der Waals surface area (Å²) in [4.78, 5) is 8.30. The molecule has 0 unspecified atom stereocenters. The first kappa shape index (κ1) is 27.1. The van der Waals surface area contributed by atoms with Gasteiger partial charge in [-0.05, 0) is 79.2 Å². The van der Waals surface area contributed by atoms with Crippen LogP contribution in [0.4, 0.5) is 0 Å². The summed E-state index contributed by atoms with van der Waals surface area (Å²) < 4.78 is 11.6. The second-order valence-electron chi connectivity index (χ2n) is 8.32. The Morgan fingerprint density at radius 2 is 1.59 bits per heavy atom. The Morgan fingerprint density at radius 1 is 0.892 bits per heavy atom. The van der Waals surface area contributed by atoms with Crippen molar-refractivity contribution in [3.05, 3.63) is 97.0 Å². The monoisotopic (exact) mass is 564 g/mol. The predicted molar refractivity (Wildman–Crippen MR) is 160 cm³/mol. The quantitative estimate of drug-likeness (QED) is 0.186. The third-order valence-corrected chi connectivity index (χ3v) is 8.21. The molecule has 0 atom stereocenters. The minimum Gasteiger partial charge on any atom is -0.496 e. The average Bonchev–Trinajstić information content (AvgIpc) is 3.47. The van der Waals surface area contributed by atoms with Gasteiger partial charge in [-0.2, -0.15) is 0 Å². The van der Waals surface area contributed by atoms with Gasteiger partial charge in [0.15, 0.2) is 7.91 Å². The number of pyridine rings is 2. The molecule has 0 aliphatic heterocycles. The molecule has 0 bridgehead atoms. The lowest BCUT2D eigenvalue weighted by atomic mass is 10.1. The van der Waals surface area contributed by atoms with Crippen molar-refractivity contribution in [3.63, 3.8) is 0 Å². The van der Waals surface area contributed by atoms with E-state index in [9.17, 15) is 0 Å². The SMILES string of the molecule is CCCn1c(-c2cccnc2)csc1=S.COc1cc(C)ccc1-c1csc(=S)n1Cc1cccnc1. The summed E-state index contributed by atoms with van der Waals surface area (Å²) in [5.41, 5.74) is 6.76. The van der Waals surface area contributed by atoms with Gasteiger partial charge in [-0.15, -0.1) is 22.7 Å². The largest absolute Gasteiger partial charge is 0.496 e. The highest BCUT2D eigenvalue weighted by atomic mass is 32.2. The first-order chi connectivity index (χ1) is 18.0. The normalized spacial score (nSPS) is 10.6. The maximum absolute atomic E-state index is 5.54. The molecule has 37 heavy (non-hydrogen) atoms. The molecule has 0 saturated heterocycles.